The van der Waals surface area contributed by atoms with Crippen LogP contribution in [-0.4, -0.2) is 24.1 Å². The van der Waals surface area contributed by atoms with E-state index in [9.17, 15) is 4.79 Å². The van der Waals surface area contributed by atoms with Crippen molar-refractivity contribution in [2.75, 3.05) is 18.5 Å². The maximum atomic E-state index is 11.4. The van der Waals surface area contributed by atoms with Gasteiger partial charge >= 0.3 is 5.97 Å². The average molecular weight is 296 g/mol. The highest BCUT2D eigenvalue weighted by Gasteiger charge is 2.12. The van der Waals surface area contributed by atoms with E-state index in [0.29, 0.717) is 12.6 Å². The second-order valence-corrected chi connectivity index (χ2v) is 5.16. The van der Waals surface area contributed by atoms with E-state index in [1.54, 1.807) is 6.92 Å². The predicted octanol–water partition coefficient (Wildman–Crippen LogP) is 4.40. The molecule has 0 aliphatic heterocycles. The fourth-order valence-electron chi connectivity index (χ4n) is 2.11. The van der Waals surface area contributed by atoms with E-state index < -0.39 is 5.97 Å². The second-order valence-electron chi connectivity index (χ2n) is 5.16. The lowest BCUT2D eigenvalue weighted by molar-refractivity contribution is 0.0519. The van der Waals surface area contributed by atoms with Crippen LogP contribution in [0.15, 0.2) is 10.7 Å². The van der Waals surface area contributed by atoms with Crippen LogP contribution in [0, 0.1) is 0 Å². The number of rotatable bonds is 12. The van der Waals surface area contributed by atoms with Gasteiger partial charge in [0, 0.05) is 6.54 Å². The molecule has 1 N–H and O–H groups in total. The Kier molecular flexibility index (Phi) is 9.33. The Hall–Kier alpha value is -1.52. The van der Waals surface area contributed by atoms with E-state index >= 15 is 0 Å². The quantitative estimate of drug-likeness (QED) is 0.457. The third-order valence-corrected chi connectivity index (χ3v) is 3.30. The van der Waals surface area contributed by atoms with E-state index in [2.05, 4.69) is 17.2 Å². The minimum Gasteiger partial charge on any atom is -0.461 e. The van der Waals surface area contributed by atoms with Gasteiger partial charge in [0.2, 0.25) is 0 Å². The molecule has 5 heteroatoms. The van der Waals surface area contributed by atoms with Crippen LogP contribution >= 0.6 is 0 Å². The topological polar surface area (TPSA) is 64.4 Å². The highest BCUT2D eigenvalue weighted by Crippen LogP contribution is 2.11. The molecule has 0 saturated heterocycles. The second kappa shape index (κ2) is 11.2. The first-order valence-electron chi connectivity index (χ1n) is 8.14. The molecule has 0 aromatic carbocycles. The molecule has 1 aromatic heterocycles. The fraction of sp³-hybridized carbons (Fsp3) is 0.750. The van der Waals surface area contributed by atoms with Crippen LogP contribution in [0.25, 0.3) is 0 Å². The fourth-order valence-corrected chi connectivity index (χ4v) is 2.11. The molecular formula is C16H28N2O3. The van der Waals surface area contributed by atoms with Gasteiger partial charge in [-0.15, -0.1) is 0 Å². The lowest BCUT2D eigenvalue weighted by Crippen LogP contribution is -2.06. The molecule has 1 rings (SSSR count). The Balaban J connectivity index is 2.04. The van der Waals surface area contributed by atoms with Crippen molar-refractivity contribution in [2.24, 2.45) is 0 Å². The lowest BCUT2D eigenvalue weighted by atomic mass is 10.1. The molecule has 0 aliphatic rings. The number of aromatic nitrogens is 1. The first-order valence-corrected chi connectivity index (χ1v) is 8.14. The third kappa shape index (κ3) is 7.73. The number of esters is 1. The van der Waals surface area contributed by atoms with Gasteiger partial charge in [-0.1, -0.05) is 51.9 Å². The van der Waals surface area contributed by atoms with E-state index in [1.807, 2.05) is 0 Å². The van der Waals surface area contributed by atoms with E-state index in [4.69, 9.17) is 9.15 Å². The Morgan fingerprint density at radius 1 is 1.14 bits per heavy atom. The van der Waals surface area contributed by atoms with Crippen molar-refractivity contribution in [3.8, 4) is 0 Å². The van der Waals surface area contributed by atoms with E-state index in [1.165, 1.54) is 51.2 Å². The number of nitrogens with one attached hydrogen (secondary N) is 1. The number of ether oxygens (including phenoxy) is 1. The van der Waals surface area contributed by atoms with Crippen molar-refractivity contribution in [1.29, 1.82) is 0 Å². The number of hydrogen-bond donors (Lipinski definition) is 1. The molecule has 120 valence electrons. The number of hydrogen-bond acceptors (Lipinski definition) is 5. The Bertz CT molecular complexity index is 391. The maximum absolute atomic E-state index is 11.4. The van der Waals surface area contributed by atoms with E-state index in [-0.39, 0.29) is 5.69 Å². The normalized spacial score (nSPS) is 10.6. The maximum Gasteiger partial charge on any atom is 0.360 e. The van der Waals surface area contributed by atoms with Crippen molar-refractivity contribution >= 4 is 12.0 Å². The summed E-state index contributed by atoms with van der Waals surface area (Å²) >= 11 is 0. The van der Waals surface area contributed by atoms with Crippen LogP contribution in [0.1, 0.15) is 75.7 Å². The molecule has 0 spiro atoms. The van der Waals surface area contributed by atoms with Crippen LogP contribution in [0.5, 0.6) is 0 Å². The smallest absolute Gasteiger partial charge is 0.360 e. The summed E-state index contributed by atoms with van der Waals surface area (Å²) in [5, 5.41) is 3.09. The minimum atomic E-state index is -0.443. The zero-order valence-electron chi connectivity index (χ0n) is 13.3. The average Bonchev–Trinajstić information content (AvgIpc) is 2.95. The van der Waals surface area contributed by atoms with Gasteiger partial charge in [-0.25, -0.2) is 4.79 Å². The first kappa shape index (κ1) is 17.5. The zero-order chi connectivity index (χ0) is 15.3. The lowest BCUT2D eigenvalue weighted by Gasteiger charge is -2.02. The highest BCUT2D eigenvalue weighted by atomic mass is 16.5. The molecule has 5 nitrogen and oxygen atoms in total. The monoisotopic (exact) mass is 296 g/mol. The predicted molar refractivity (Wildman–Crippen MR) is 83.6 cm³/mol. The number of nitrogens with zero attached hydrogens (tertiary/aromatic N) is 1. The van der Waals surface area contributed by atoms with Gasteiger partial charge in [-0.05, 0) is 13.3 Å². The van der Waals surface area contributed by atoms with Gasteiger partial charge in [0.05, 0.1) is 6.61 Å². The van der Waals surface area contributed by atoms with Crippen molar-refractivity contribution < 1.29 is 13.9 Å². The standard InChI is InChI=1S/C16H28N2O3/c1-3-5-6-7-8-9-10-11-12-17-16-18-14(13-21-16)15(19)20-4-2/h13H,3-12H2,1-2H3,(H,17,18). The molecule has 0 radical (unpaired) electrons. The third-order valence-electron chi connectivity index (χ3n) is 3.30. The summed E-state index contributed by atoms with van der Waals surface area (Å²) in [6, 6.07) is 0.390. The minimum absolute atomic E-state index is 0.218. The zero-order valence-corrected chi connectivity index (χ0v) is 13.3. The molecule has 0 amide bonds. The van der Waals surface area contributed by atoms with Crippen molar-refractivity contribution in [1.82, 2.24) is 4.98 Å². The molecule has 0 fully saturated rings. The largest absolute Gasteiger partial charge is 0.461 e. The van der Waals surface area contributed by atoms with Gasteiger partial charge in [-0.3, -0.25) is 0 Å². The van der Waals surface area contributed by atoms with E-state index in [0.717, 1.165) is 13.0 Å². The summed E-state index contributed by atoms with van der Waals surface area (Å²) < 4.78 is 10.0. The van der Waals surface area contributed by atoms with Crippen LogP contribution in [0.3, 0.4) is 0 Å². The van der Waals surface area contributed by atoms with Gasteiger partial charge in [0.25, 0.3) is 6.01 Å². The first-order chi connectivity index (χ1) is 10.3. The molecular weight excluding hydrogens is 268 g/mol. The number of unbranched alkanes of at least 4 members (excludes halogenated alkanes) is 7. The summed E-state index contributed by atoms with van der Waals surface area (Å²) in [6.45, 7) is 5.16. The van der Waals surface area contributed by atoms with Crippen LogP contribution in [0.4, 0.5) is 6.01 Å². The molecule has 0 aliphatic carbocycles. The molecule has 21 heavy (non-hydrogen) atoms. The van der Waals surface area contributed by atoms with Crippen LogP contribution in [0.2, 0.25) is 0 Å². The van der Waals surface area contributed by atoms with Gasteiger partial charge in [0.15, 0.2) is 5.69 Å². The molecule has 0 bridgehead atoms. The number of anilines is 1. The Morgan fingerprint density at radius 2 is 1.81 bits per heavy atom. The Labute approximate surface area is 127 Å². The number of carbonyl (C=O) groups excluding carboxylic acids is 1. The number of carbonyl (C=O) groups is 1. The molecule has 1 aromatic rings. The summed E-state index contributed by atoms with van der Waals surface area (Å²) in [4.78, 5) is 15.5. The SMILES string of the molecule is CCCCCCCCCCNc1nc(C(=O)OCC)co1. The summed E-state index contributed by atoms with van der Waals surface area (Å²) in [6.07, 6.45) is 11.6. The van der Waals surface area contributed by atoms with Crippen molar-refractivity contribution in [2.45, 2.75) is 65.2 Å². The highest BCUT2D eigenvalue weighted by molar-refractivity contribution is 5.87. The summed E-state index contributed by atoms with van der Waals surface area (Å²) in [5.74, 6) is -0.443. The van der Waals surface area contributed by atoms with Crippen LogP contribution in [-0.2, 0) is 4.74 Å². The number of oxazole rings is 1. The van der Waals surface area contributed by atoms with Gasteiger partial charge in [0.1, 0.15) is 6.26 Å². The van der Waals surface area contributed by atoms with Crippen LogP contribution < -0.4 is 5.32 Å². The molecule has 0 unspecified atom stereocenters. The van der Waals surface area contributed by atoms with Crippen molar-refractivity contribution in [3.63, 3.8) is 0 Å². The summed E-state index contributed by atoms with van der Waals surface area (Å²) in [7, 11) is 0. The van der Waals surface area contributed by atoms with Gasteiger partial charge < -0.3 is 14.5 Å². The Morgan fingerprint density at radius 3 is 2.48 bits per heavy atom. The molecule has 0 atom stereocenters. The summed E-state index contributed by atoms with van der Waals surface area (Å²) in [5.41, 5.74) is 0.218. The van der Waals surface area contributed by atoms with Crippen molar-refractivity contribution in [3.05, 3.63) is 12.0 Å². The molecule has 0 saturated carbocycles. The molecule has 1 heterocycles. The van der Waals surface area contributed by atoms with Gasteiger partial charge in [-0.2, -0.15) is 4.98 Å².